The molecular weight excluding hydrogens is 258 g/mol. The second-order valence-electron chi connectivity index (χ2n) is 6.24. The van der Waals surface area contributed by atoms with Gasteiger partial charge in [-0.3, -0.25) is 0 Å². The zero-order valence-electron chi connectivity index (χ0n) is 12.4. The van der Waals surface area contributed by atoms with E-state index in [1.807, 2.05) is 19.9 Å². The van der Waals surface area contributed by atoms with Crippen LogP contribution in [0.2, 0.25) is 0 Å². The maximum absolute atomic E-state index is 10.4. The molecule has 0 heterocycles. The van der Waals surface area contributed by atoms with Gasteiger partial charge < -0.3 is 9.94 Å². The molecule has 0 fully saturated rings. The molecule has 5 heteroatoms. The highest BCUT2D eigenvalue weighted by Crippen LogP contribution is 2.47. The lowest BCUT2D eigenvalue weighted by atomic mass is 9.87. The molecule has 0 aliphatic heterocycles. The molecule has 0 spiro atoms. The molecule has 5 nitrogen and oxygen atoms in total. The van der Waals surface area contributed by atoms with Crippen molar-refractivity contribution in [3.63, 3.8) is 0 Å². The molecule has 0 saturated heterocycles. The quantitative estimate of drug-likeness (QED) is 0.679. The van der Waals surface area contributed by atoms with Gasteiger partial charge in [0.25, 0.3) is 5.09 Å². The first-order valence-electron chi connectivity index (χ1n) is 6.81. The van der Waals surface area contributed by atoms with Crippen molar-refractivity contribution in [2.45, 2.75) is 46.6 Å². The van der Waals surface area contributed by atoms with Crippen LogP contribution in [0.4, 0.5) is 0 Å². The van der Waals surface area contributed by atoms with E-state index in [0.717, 1.165) is 28.7 Å². The molecule has 0 unspecified atom stereocenters. The molecule has 0 aromatic heterocycles. The van der Waals surface area contributed by atoms with Crippen molar-refractivity contribution < 1.29 is 15.0 Å². The number of rotatable bonds is 4. The Morgan fingerprint density at radius 2 is 2.15 bits per heavy atom. The smallest absolute Gasteiger partial charge is 0.294 e. The number of fused-ring (bicyclic) bond motifs is 1. The molecule has 110 valence electrons. The molecule has 0 radical (unpaired) electrons. The third-order valence-electron chi connectivity index (χ3n) is 4.32. The van der Waals surface area contributed by atoms with Crippen LogP contribution in [0.25, 0.3) is 0 Å². The second-order valence-corrected chi connectivity index (χ2v) is 6.24. The summed E-state index contributed by atoms with van der Waals surface area (Å²) < 4.78 is 0. The van der Waals surface area contributed by atoms with Crippen molar-refractivity contribution in [2.24, 2.45) is 5.41 Å². The third-order valence-corrected chi connectivity index (χ3v) is 4.32. The summed E-state index contributed by atoms with van der Waals surface area (Å²) in [6.45, 7) is 8.19. The first kappa shape index (κ1) is 14.8. The summed E-state index contributed by atoms with van der Waals surface area (Å²) in [6, 6.07) is 2.02. The minimum atomic E-state index is -0.759. The van der Waals surface area contributed by atoms with Crippen molar-refractivity contribution in [1.82, 2.24) is 0 Å². The molecule has 20 heavy (non-hydrogen) atoms. The standard InChI is InChI=1S/C15H21NO4/c1-9-7-12-13(8-15(3,4)14(12)17)10(2)11(9)5-6-20-16(18)19/h7,14,17H,5-6,8H2,1-4H3/t14-/m0/s1. The van der Waals surface area contributed by atoms with Gasteiger partial charge >= 0.3 is 0 Å². The minimum absolute atomic E-state index is 0.0689. The number of aryl methyl sites for hydroxylation is 1. The van der Waals surface area contributed by atoms with E-state index < -0.39 is 11.2 Å². The van der Waals surface area contributed by atoms with Gasteiger partial charge in [0, 0.05) is 0 Å². The van der Waals surface area contributed by atoms with Gasteiger partial charge in [-0.05, 0) is 59.9 Å². The number of aliphatic hydroxyl groups excluding tert-OH is 1. The molecule has 2 rings (SSSR count). The van der Waals surface area contributed by atoms with E-state index in [-0.39, 0.29) is 12.0 Å². The normalized spacial score (nSPS) is 19.8. The van der Waals surface area contributed by atoms with Crippen molar-refractivity contribution in [3.8, 4) is 0 Å². The minimum Gasteiger partial charge on any atom is -0.388 e. The molecule has 1 aliphatic carbocycles. The Morgan fingerprint density at radius 3 is 2.75 bits per heavy atom. The molecule has 0 amide bonds. The average Bonchev–Trinajstić information content (AvgIpc) is 2.56. The van der Waals surface area contributed by atoms with Crippen LogP contribution in [0.1, 0.15) is 47.8 Å². The van der Waals surface area contributed by atoms with E-state index in [0.29, 0.717) is 6.42 Å². The molecule has 0 saturated carbocycles. The lowest BCUT2D eigenvalue weighted by molar-refractivity contribution is -0.757. The summed E-state index contributed by atoms with van der Waals surface area (Å²) in [6.07, 6.45) is 0.903. The van der Waals surface area contributed by atoms with Gasteiger partial charge in [0.2, 0.25) is 0 Å². The topological polar surface area (TPSA) is 72.6 Å². The zero-order chi connectivity index (χ0) is 15.1. The van der Waals surface area contributed by atoms with E-state index >= 15 is 0 Å². The zero-order valence-corrected chi connectivity index (χ0v) is 12.4. The Hall–Kier alpha value is -1.62. The predicted octanol–water partition coefficient (Wildman–Crippen LogP) is 2.67. The van der Waals surface area contributed by atoms with E-state index in [1.54, 1.807) is 0 Å². The Balaban J connectivity index is 2.32. The van der Waals surface area contributed by atoms with Crippen LogP contribution in [-0.4, -0.2) is 16.8 Å². The number of hydrogen-bond acceptors (Lipinski definition) is 4. The molecular formula is C15H21NO4. The second kappa shape index (κ2) is 5.05. The highest BCUT2D eigenvalue weighted by atomic mass is 16.9. The predicted molar refractivity (Wildman–Crippen MR) is 75.0 cm³/mol. The largest absolute Gasteiger partial charge is 0.388 e. The van der Waals surface area contributed by atoms with Gasteiger partial charge in [0.1, 0.15) is 6.61 Å². The number of hydrogen-bond donors (Lipinski definition) is 1. The van der Waals surface area contributed by atoms with Gasteiger partial charge in [0.15, 0.2) is 0 Å². The fourth-order valence-electron chi connectivity index (χ4n) is 3.16. The molecule has 1 aromatic carbocycles. The van der Waals surface area contributed by atoms with Crippen molar-refractivity contribution in [3.05, 3.63) is 44.0 Å². The van der Waals surface area contributed by atoms with Crippen LogP contribution in [0.15, 0.2) is 6.07 Å². The maximum Gasteiger partial charge on any atom is 0.294 e. The van der Waals surface area contributed by atoms with Crippen molar-refractivity contribution in [1.29, 1.82) is 0 Å². The van der Waals surface area contributed by atoms with Gasteiger partial charge in [-0.1, -0.05) is 19.9 Å². The lowest BCUT2D eigenvalue weighted by Gasteiger charge is -2.22. The van der Waals surface area contributed by atoms with Crippen LogP contribution in [0, 0.1) is 29.4 Å². The average molecular weight is 279 g/mol. The monoisotopic (exact) mass is 279 g/mol. The fourth-order valence-corrected chi connectivity index (χ4v) is 3.16. The number of nitrogens with zero attached hydrogens (tertiary/aromatic N) is 1. The lowest BCUT2D eigenvalue weighted by Crippen LogP contribution is -2.16. The summed E-state index contributed by atoms with van der Waals surface area (Å²) >= 11 is 0. The van der Waals surface area contributed by atoms with Gasteiger partial charge in [0.05, 0.1) is 6.10 Å². The summed E-state index contributed by atoms with van der Waals surface area (Å²) in [5, 5.41) is 19.8. The number of benzene rings is 1. The van der Waals surface area contributed by atoms with Gasteiger partial charge in [-0.25, -0.2) is 0 Å². The van der Waals surface area contributed by atoms with Crippen molar-refractivity contribution in [2.75, 3.05) is 6.61 Å². The molecule has 1 aromatic rings. The number of aliphatic hydroxyl groups is 1. The van der Waals surface area contributed by atoms with Crippen LogP contribution in [0.5, 0.6) is 0 Å². The van der Waals surface area contributed by atoms with Crippen LogP contribution >= 0.6 is 0 Å². The first-order valence-corrected chi connectivity index (χ1v) is 6.81. The van der Waals surface area contributed by atoms with Crippen LogP contribution in [0.3, 0.4) is 0 Å². The fraction of sp³-hybridized carbons (Fsp3) is 0.600. The Labute approximate surface area is 118 Å². The third kappa shape index (κ3) is 2.50. The first-order chi connectivity index (χ1) is 9.24. The summed E-state index contributed by atoms with van der Waals surface area (Å²) in [5.41, 5.74) is 5.32. The van der Waals surface area contributed by atoms with E-state index in [4.69, 9.17) is 0 Å². The SMILES string of the molecule is Cc1cc2c(c(C)c1CCO[N+](=O)[O-])CC(C)(C)[C@H]2O. The maximum atomic E-state index is 10.4. The molecule has 1 atom stereocenters. The van der Waals surface area contributed by atoms with Gasteiger partial charge in [-0.2, -0.15) is 0 Å². The Kier molecular flexibility index (Phi) is 3.73. The van der Waals surface area contributed by atoms with Crippen LogP contribution in [-0.2, 0) is 17.7 Å². The van der Waals surface area contributed by atoms with Gasteiger partial charge in [-0.15, -0.1) is 10.1 Å². The Morgan fingerprint density at radius 1 is 1.50 bits per heavy atom. The van der Waals surface area contributed by atoms with E-state index in [9.17, 15) is 15.2 Å². The van der Waals surface area contributed by atoms with E-state index in [1.165, 1.54) is 5.56 Å². The summed E-state index contributed by atoms with van der Waals surface area (Å²) in [5.74, 6) is 0. The molecule has 0 bridgehead atoms. The molecule has 1 N–H and O–H groups in total. The van der Waals surface area contributed by atoms with Crippen molar-refractivity contribution >= 4 is 0 Å². The molecule has 1 aliphatic rings. The Bertz CT molecular complexity index is 551. The van der Waals surface area contributed by atoms with E-state index in [2.05, 4.69) is 18.7 Å². The summed E-state index contributed by atoms with van der Waals surface area (Å²) in [4.78, 5) is 14.6. The highest BCUT2D eigenvalue weighted by molar-refractivity contribution is 5.49. The summed E-state index contributed by atoms with van der Waals surface area (Å²) in [7, 11) is 0. The highest BCUT2D eigenvalue weighted by Gasteiger charge is 2.39. The van der Waals surface area contributed by atoms with Crippen LogP contribution < -0.4 is 0 Å².